The summed E-state index contributed by atoms with van der Waals surface area (Å²) in [6.45, 7) is 5.91. The van der Waals surface area contributed by atoms with Gasteiger partial charge in [0.05, 0.1) is 6.04 Å². The topological polar surface area (TPSA) is 40.6 Å². The maximum atomic E-state index is 13.3. The quantitative estimate of drug-likeness (QED) is 0.756. The fourth-order valence-corrected chi connectivity index (χ4v) is 4.72. The molecule has 0 bridgehead atoms. The van der Waals surface area contributed by atoms with Crippen LogP contribution >= 0.6 is 0 Å². The molecule has 1 saturated heterocycles. The molecule has 140 valence electrons. The largest absolute Gasteiger partial charge is 0.272 e. The lowest BCUT2D eigenvalue weighted by Crippen LogP contribution is -2.59. The van der Waals surface area contributed by atoms with Gasteiger partial charge < -0.3 is 0 Å². The van der Waals surface area contributed by atoms with Crippen LogP contribution in [0.1, 0.15) is 62.8 Å². The summed E-state index contributed by atoms with van der Waals surface area (Å²) in [6, 6.07) is 18.3. The zero-order valence-corrected chi connectivity index (χ0v) is 16.2. The van der Waals surface area contributed by atoms with Crippen LogP contribution in [0.25, 0.3) is 0 Å². The molecule has 4 nitrogen and oxygen atoms in total. The van der Waals surface area contributed by atoms with E-state index in [0.717, 1.165) is 36.0 Å². The second-order valence-electron chi connectivity index (χ2n) is 7.65. The third kappa shape index (κ3) is 2.35. The molecule has 3 atom stereocenters. The Balaban J connectivity index is 2.05. The zero-order valence-electron chi connectivity index (χ0n) is 16.2. The van der Waals surface area contributed by atoms with Gasteiger partial charge in [-0.1, -0.05) is 74.4 Å². The Hall–Kier alpha value is -2.62. The lowest BCUT2D eigenvalue weighted by atomic mass is 9.73. The first-order chi connectivity index (χ1) is 13.0. The summed E-state index contributed by atoms with van der Waals surface area (Å²) in [4.78, 5) is 26.3. The van der Waals surface area contributed by atoms with Crippen molar-refractivity contribution in [3.05, 3.63) is 71.3 Å². The summed E-state index contributed by atoms with van der Waals surface area (Å²) in [5.41, 5.74) is 2.70. The fourth-order valence-electron chi connectivity index (χ4n) is 4.72. The second kappa shape index (κ2) is 6.52. The Kier molecular flexibility index (Phi) is 4.29. The molecular weight excluding hydrogens is 336 g/mol. The highest BCUT2D eigenvalue weighted by Crippen LogP contribution is 2.52. The standard InChI is InChI=1S/C23H26N2O2/c1-4-5-15-23(18-11-7-6-8-12-18)20-14-10-9-13-19(20)17(3)24-21(26)16(2)22(27)25(23)24/h6-14,16-17H,4-5,15H2,1-3H3. The highest BCUT2D eigenvalue weighted by Gasteiger charge is 2.58. The maximum Gasteiger partial charge on any atom is 0.254 e. The van der Waals surface area contributed by atoms with E-state index in [1.54, 1.807) is 16.9 Å². The molecule has 0 N–H and O–H groups in total. The van der Waals surface area contributed by atoms with Gasteiger partial charge in [-0.15, -0.1) is 0 Å². The first-order valence-electron chi connectivity index (χ1n) is 9.86. The summed E-state index contributed by atoms with van der Waals surface area (Å²) in [5.74, 6) is -0.827. The molecule has 2 aliphatic rings. The van der Waals surface area contributed by atoms with Crippen LogP contribution in [0.15, 0.2) is 54.6 Å². The van der Waals surface area contributed by atoms with E-state index < -0.39 is 11.5 Å². The molecule has 3 unspecified atom stereocenters. The lowest BCUT2D eigenvalue weighted by molar-refractivity contribution is -0.170. The number of unbranched alkanes of at least 4 members (excludes halogenated alkanes) is 1. The highest BCUT2D eigenvalue weighted by atomic mass is 16.2. The van der Waals surface area contributed by atoms with Crippen LogP contribution in [0.5, 0.6) is 0 Å². The van der Waals surface area contributed by atoms with E-state index in [9.17, 15) is 9.59 Å². The van der Waals surface area contributed by atoms with Crippen LogP contribution in [-0.4, -0.2) is 21.8 Å². The number of carbonyl (C=O) groups excluding carboxylic acids is 2. The highest BCUT2D eigenvalue weighted by molar-refractivity contribution is 6.06. The third-order valence-electron chi connectivity index (χ3n) is 6.12. The number of nitrogens with zero attached hydrogens (tertiary/aromatic N) is 2. The van der Waals surface area contributed by atoms with Crippen LogP contribution in [-0.2, 0) is 15.1 Å². The Morgan fingerprint density at radius 3 is 2.30 bits per heavy atom. The first kappa shape index (κ1) is 17.8. The monoisotopic (exact) mass is 362 g/mol. The molecule has 1 fully saturated rings. The molecule has 4 heteroatoms. The molecule has 0 aliphatic carbocycles. The van der Waals surface area contributed by atoms with Gasteiger partial charge >= 0.3 is 0 Å². The molecule has 2 aromatic rings. The Morgan fingerprint density at radius 1 is 0.926 bits per heavy atom. The van der Waals surface area contributed by atoms with Crippen molar-refractivity contribution in [2.45, 2.75) is 51.6 Å². The number of hydrogen-bond acceptors (Lipinski definition) is 2. The van der Waals surface area contributed by atoms with Gasteiger partial charge in [0.25, 0.3) is 11.8 Å². The van der Waals surface area contributed by atoms with Crippen LogP contribution in [0.2, 0.25) is 0 Å². The number of hydrazine groups is 1. The van der Waals surface area contributed by atoms with Crippen molar-refractivity contribution >= 4 is 11.8 Å². The average molecular weight is 362 g/mol. The van der Waals surface area contributed by atoms with Crippen molar-refractivity contribution in [1.29, 1.82) is 0 Å². The van der Waals surface area contributed by atoms with Gasteiger partial charge in [-0.05, 0) is 37.0 Å². The second-order valence-corrected chi connectivity index (χ2v) is 7.65. The molecular formula is C23H26N2O2. The molecule has 0 radical (unpaired) electrons. The van der Waals surface area contributed by atoms with Crippen molar-refractivity contribution in [3.8, 4) is 0 Å². The molecule has 0 spiro atoms. The van der Waals surface area contributed by atoms with E-state index in [4.69, 9.17) is 0 Å². The van der Waals surface area contributed by atoms with Crippen LogP contribution in [0, 0.1) is 5.92 Å². The summed E-state index contributed by atoms with van der Waals surface area (Å²) in [7, 11) is 0. The van der Waals surface area contributed by atoms with Crippen molar-refractivity contribution in [1.82, 2.24) is 10.0 Å². The summed E-state index contributed by atoms with van der Waals surface area (Å²) < 4.78 is 0. The summed E-state index contributed by atoms with van der Waals surface area (Å²) in [5, 5.41) is 3.51. The van der Waals surface area contributed by atoms with E-state index in [1.807, 2.05) is 37.3 Å². The van der Waals surface area contributed by atoms with Gasteiger partial charge in [-0.25, -0.2) is 10.0 Å². The fraction of sp³-hybridized carbons (Fsp3) is 0.391. The predicted octanol–water partition coefficient (Wildman–Crippen LogP) is 4.42. The number of rotatable bonds is 4. The molecule has 27 heavy (non-hydrogen) atoms. The normalized spacial score (nSPS) is 26.9. The van der Waals surface area contributed by atoms with E-state index in [2.05, 4.69) is 31.2 Å². The Morgan fingerprint density at radius 2 is 1.59 bits per heavy atom. The number of hydrogen-bond donors (Lipinski definition) is 0. The molecule has 2 aromatic carbocycles. The number of benzene rings is 2. The van der Waals surface area contributed by atoms with Gasteiger partial charge in [0.2, 0.25) is 0 Å². The van der Waals surface area contributed by atoms with Crippen molar-refractivity contribution < 1.29 is 9.59 Å². The minimum absolute atomic E-state index is 0.0960. The van der Waals surface area contributed by atoms with Crippen LogP contribution < -0.4 is 0 Å². The van der Waals surface area contributed by atoms with Gasteiger partial charge in [-0.3, -0.25) is 9.59 Å². The smallest absolute Gasteiger partial charge is 0.254 e. The first-order valence-corrected chi connectivity index (χ1v) is 9.86. The summed E-state index contributed by atoms with van der Waals surface area (Å²) in [6.07, 6.45) is 2.79. The average Bonchev–Trinajstić information content (AvgIpc) is 2.94. The van der Waals surface area contributed by atoms with Crippen molar-refractivity contribution in [3.63, 3.8) is 0 Å². The molecule has 2 heterocycles. The van der Waals surface area contributed by atoms with E-state index in [0.29, 0.717) is 0 Å². The van der Waals surface area contributed by atoms with Gasteiger partial charge in [-0.2, -0.15) is 0 Å². The van der Waals surface area contributed by atoms with Crippen molar-refractivity contribution in [2.75, 3.05) is 0 Å². The predicted molar refractivity (Wildman–Crippen MR) is 104 cm³/mol. The van der Waals surface area contributed by atoms with Crippen LogP contribution in [0.3, 0.4) is 0 Å². The summed E-state index contributed by atoms with van der Waals surface area (Å²) >= 11 is 0. The van der Waals surface area contributed by atoms with E-state index in [1.165, 1.54) is 0 Å². The van der Waals surface area contributed by atoms with E-state index in [-0.39, 0.29) is 17.9 Å². The van der Waals surface area contributed by atoms with Gasteiger partial charge in [0.15, 0.2) is 0 Å². The number of amides is 2. The Bertz CT molecular complexity index is 879. The minimum atomic E-state index is -0.641. The van der Waals surface area contributed by atoms with Crippen molar-refractivity contribution in [2.24, 2.45) is 5.92 Å². The molecule has 4 rings (SSSR count). The number of carbonyl (C=O) groups is 2. The lowest BCUT2D eigenvalue weighted by Gasteiger charge is -2.53. The molecule has 0 saturated carbocycles. The molecule has 2 aliphatic heterocycles. The minimum Gasteiger partial charge on any atom is -0.272 e. The number of fused-ring (bicyclic) bond motifs is 2. The molecule has 2 amide bonds. The van der Waals surface area contributed by atoms with Gasteiger partial charge in [0, 0.05) is 0 Å². The maximum absolute atomic E-state index is 13.3. The van der Waals surface area contributed by atoms with Gasteiger partial charge in [0.1, 0.15) is 11.5 Å². The zero-order chi connectivity index (χ0) is 19.2. The Labute approximate surface area is 160 Å². The SMILES string of the molecule is CCCCC1(c2ccccc2)c2ccccc2C(C)N2C(=O)C(C)C(=O)N21. The molecule has 0 aromatic heterocycles. The van der Waals surface area contributed by atoms with Crippen LogP contribution in [0.4, 0.5) is 0 Å². The van der Waals surface area contributed by atoms with E-state index >= 15 is 0 Å². The third-order valence-corrected chi connectivity index (χ3v) is 6.12.